The van der Waals surface area contributed by atoms with Crippen molar-refractivity contribution in [1.82, 2.24) is 0 Å². The predicted octanol–water partition coefficient (Wildman–Crippen LogP) is -1.09. The van der Waals surface area contributed by atoms with Crippen LogP contribution >= 0.6 is 0 Å². The van der Waals surface area contributed by atoms with Crippen LogP contribution < -0.4 is 5.46 Å². The van der Waals surface area contributed by atoms with Gasteiger partial charge in [-0.3, -0.25) is 0 Å². The van der Waals surface area contributed by atoms with Gasteiger partial charge in [-0.05, 0) is 13.8 Å². The molecule has 0 atom stereocenters. The molecule has 3 heteroatoms. The van der Waals surface area contributed by atoms with Crippen molar-refractivity contribution in [3.8, 4) is 0 Å². The lowest BCUT2D eigenvalue weighted by Crippen LogP contribution is -2.10. The minimum Gasteiger partial charge on any atom is -0.412 e. The summed E-state index contributed by atoms with van der Waals surface area (Å²) in [5.74, 6) is 0. The molecule has 0 bridgehead atoms. The maximum atomic E-state index is 2.16. The van der Waals surface area contributed by atoms with E-state index in [1.807, 2.05) is 0 Å². The molecule has 1 aromatic rings. The van der Waals surface area contributed by atoms with E-state index in [1.165, 1.54) is 16.6 Å². The maximum Gasteiger partial charge on any atom is 0.139 e. The van der Waals surface area contributed by atoms with Crippen LogP contribution in [0, 0.1) is 13.8 Å². The van der Waals surface area contributed by atoms with Crippen LogP contribution in [0.5, 0.6) is 0 Å². The SMILES string of the molecule is Bc1c(C)cccc1C.O.O. The smallest absolute Gasteiger partial charge is 0.139 e. The highest BCUT2D eigenvalue weighted by molar-refractivity contribution is 6.34. The van der Waals surface area contributed by atoms with Gasteiger partial charge in [-0.1, -0.05) is 34.8 Å². The standard InChI is InChI=1S/C8H11B.2H2O/c1-6-4-3-5-7(2)8(6)9;;/h3-5H,9H2,1-2H3;2*1H2. The van der Waals surface area contributed by atoms with Crippen LogP contribution in [0.4, 0.5) is 0 Å². The van der Waals surface area contributed by atoms with Crippen LogP contribution in [0.15, 0.2) is 18.2 Å². The molecule has 62 valence electrons. The molecule has 0 saturated carbocycles. The number of aryl methyl sites for hydroxylation is 2. The van der Waals surface area contributed by atoms with Crippen molar-refractivity contribution in [1.29, 1.82) is 0 Å². The van der Waals surface area contributed by atoms with Gasteiger partial charge in [0.2, 0.25) is 0 Å². The van der Waals surface area contributed by atoms with E-state index < -0.39 is 0 Å². The third-order valence-electron chi connectivity index (χ3n) is 1.88. The lowest BCUT2D eigenvalue weighted by Gasteiger charge is -2.01. The first-order chi connectivity index (χ1) is 4.22. The van der Waals surface area contributed by atoms with Gasteiger partial charge in [0.25, 0.3) is 0 Å². The Labute approximate surface area is 68.3 Å². The van der Waals surface area contributed by atoms with Gasteiger partial charge in [0.1, 0.15) is 7.85 Å². The monoisotopic (exact) mass is 154 g/mol. The largest absolute Gasteiger partial charge is 0.412 e. The molecular weight excluding hydrogens is 139 g/mol. The van der Waals surface area contributed by atoms with Gasteiger partial charge >= 0.3 is 0 Å². The Morgan fingerprint density at radius 2 is 1.36 bits per heavy atom. The maximum absolute atomic E-state index is 2.16. The third-order valence-corrected chi connectivity index (χ3v) is 1.88. The van der Waals surface area contributed by atoms with Gasteiger partial charge < -0.3 is 11.0 Å². The van der Waals surface area contributed by atoms with E-state index in [2.05, 4.69) is 39.9 Å². The average Bonchev–Trinajstić information content (AvgIpc) is 1.83. The van der Waals surface area contributed by atoms with E-state index in [1.54, 1.807) is 0 Å². The van der Waals surface area contributed by atoms with Crippen molar-refractivity contribution >= 4 is 13.3 Å². The normalized spacial score (nSPS) is 7.82. The second-order valence-electron chi connectivity index (χ2n) is 2.52. The summed E-state index contributed by atoms with van der Waals surface area (Å²) in [6.45, 7) is 4.28. The van der Waals surface area contributed by atoms with E-state index in [0.29, 0.717) is 0 Å². The average molecular weight is 154 g/mol. The minimum absolute atomic E-state index is 0. The van der Waals surface area contributed by atoms with E-state index >= 15 is 0 Å². The first-order valence-electron chi connectivity index (χ1n) is 3.24. The van der Waals surface area contributed by atoms with E-state index in [9.17, 15) is 0 Å². The molecule has 0 aliphatic rings. The summed E-state index contributed by atoms with van der Waals surface area (Å²) in [5.41, 5.74) is 4.18. The van der Waals surface area contributed by atoms with Crippen LogP contribution in [0.3, 0.4) is 0 Å². The zero-order chi connectivity index (χ0) is 6.85. The van der Waals surface area contributed by atoms with Crippen LogP contribution in [0.1, 0.15) is 11.1 Å². The minimum atomic E-state index is 0. The van der Waals surface area contributed by atoms with Crippen molar-refractivity contribution in [3.05, 3.63) is 29.3 Å². The molecule has 1 rings (SSSR count). The quantitative estimate of drug-likeness (QED) is 0.426. The highest BCUT2D eigenvalue weighted by Gasteiger charge is 1.91. The molecule has 0 heterocycles. The fourth-order valence-electron chi connectivity index (χ4n) is 0.898. The van der Waals surface area contributed by atoms with Gasteiger partial charge in [-0.15, -0.1) is 0 Å². The molecule has 1 aromatic carbocycles. The topological polar surface area (TPSA) is 63.0 Å². The van der Waals surface area contributed by atoms with Gasteiger partial charge in [-0.25, -0.2) is 0 Å². The van der Waals surface area contributed by atoms with E-state index in [4.69, 9.17) is 0 Å². The van der Waals surface area contributed by atoms with Crippen molar-refractivity contribution in [2.45, 2.75) is 13.8 Å². The lowest BCUT2D eigenvalue weighted by molar-refractivity contribution is 0.823. The molecular formula is C8H15BO2. The lowest BCUT2D eigenvalue weighted by atomic mass is 9.87. The molecule has 0 aliphatic carbocycles. The Bertz CT molecular complexity index is 203. The molecule has 0 saturated heterocycles. The molecule has 4 N–H and O–H groups in total. The van der Waals surface area contributed by atoms with Crippen LogP contribution in [0.2, 0.25) is 0 Å². The summed E-state index contributed by atoms with van der Waals surface area (Å²) < 4.78 is 0. The molecule has 0 spiro atoms. The number of hydrogen-bond acceptors (Lipinski definition) is 0. The van der Waals surface area contributed by atoms with Crippen molar-refractivity contribution < 1.29 is 11.0 Å². The summed E-state index contributed by atoms with van der Waals surface area (Å²) in [6.07, 6.45) is 0. The zero-order valence-corrected chi connectivity index (χ0v) is 7.23. The molecule has 0 radical (unpaired) electrons. The second kappa shape index (κ2) is 4.94. The first kappa shape index (κ1) is 12.8. The molecule has 0 aromatic heterocycles. The second-order valence-corrected chi connectivity index (χ2v) is 2.52. The van der Waals surface area contributed by atoms with Gasteiger partial charge in [0.15, 0.2) is 0 Å². The Morgan fingerprint density at radius 3 is 1.64 bits per heavy atom. The Morgan fingerprint density at radius 1 is 1.00 bits per heavy atom. The summed E-state index contributed by atoms with van der Waals surface area (Å²) in [6, 6.07) is 6.38. The van der Waals surface area contributed by atoms with Crippen molar-refractivity contribution in [3.63, 3.8) is 0 Å². The van der Waals surface area contributed by atoms with E-state index in [-0.39, 0.29) is 11.0 Å². The predicted molar refractivity (Wildman–Crippen MR) is 51.3 cm³/mol. The van der Waals surface area contributed by atoms with Gasteiger partial charge in [-0.2, -0.15) is 0 Å². The summed E-state index contributed by atoms with van der Waals surface area (Å²) in [4.78, 5) is 0. The fraction of sp³-hybridized carbons (Fsp3) is 0.250. The first-order valence-corrected chi connectivity index (χ1v) is 3.24. The van der Waals surface area contributed by atoms with Crippen LogP contribution in [0.25, 0.3) is 0 Å². The fourth-order valence-corrected chi connectivity index (χ4v) is 0.898. The van der Waals surface area contributed by atoms with Crippen molar-refractivity contribution in [2.75, 3.05) is 0 Å². The van der Waals surface area contributed by atoms with Gasteiger partial charge in [0.05, 0.1) is 0 Å². The zero-order valence-electron chi connectivity index (χ0n) is 7.23. The molecule has 0 fully saturated rings. The van der Waals surface area contributed by atoms with Crippen LogP contribution in [-0.4, -0.2) is 18.8 Å². The summed E-state index contributed by atoms with van der Waals surface area (Å²) in [7, 11) is 2.16. The number of hydrogen-bond donors (Lipinski definition) is 0. The third kappa shape index (κ3) is 2.74. The van der Waals surface area contributed by atoms with Crippen LogP contribution in [-0.2, 0) is 0 Å². The molecule has 0 unspecified atom stereocenters. The van der Waals surface area contributed by atoms with Gasteiger partial charge in [0, 0.05) is 0 Å². The highest BCUT2D eigenvalue weighted by Crippen LogP contribution is 1.96. The Hall–Kier alpha value is -0.795. The molecule has 0 aliphatic heterocycles. The highest BCUT2D eigenvalue weighted by atomic mass is 16.0. The molecule has 0 amide bonds. The number of rotatable bonds is 0. The summed E-state index contributed by atoms with van der Waals surface area (Å²) in [5, 5.41) is 0. The molecule has 11 heavy (non-hydrogen) atoms. The van der Waals surface area contributed by atoms with Crippen molar-refractivity contribution in [2.24, 2.45) is 0 Å². The van der Waals surface area contributed by atoms with E-state index in [0.717, 1.165) is 0 Å². The Kier molecular flexibility index (Phi) is 5.76. The number of benzene rings is 1. The summed E-state index contributed by atoms with van der Waals surface area (Å²) >= 11 is 0. The Balaban J connectivity index is 0. The molecule has 2 nitrogen and oxygen atoms in total.